The lowest BCUT2D eigenvalue weighted by molar-refractivity contribution is 1.28. The van der Waals surface area contributed by atoms with Gasteiger partial charge in [0.15, 0.2) is 0 Å². The van der Waals surface area contributed by atoms with Crippen LogP contribution >= 0.6 is 0 Å². The maximum atomic E-state index is 2.37. The molecule has 0 fully saturated rings. The molecule has 0 atom stereocenters. The average molecular weight is 802 g/mol. The minimum atomic E-state index is 1.08. The van der Waals surface area contributed by atoms with E-state index in [0.717, 1.165) is 17.1 Å². The quantitative estimate of drug-likeness (QED) is 0.131. The van der Waals surface area contributed by atoms with E-state index in [9.17, 15) is 0 Å². The zero-order valence-electron chi connectivity index (χ0n) is 34.8. The fraction of sp³-hybridized carbons (Fsp3) is 0. The number of benzene rings is 11. The Kier molecular flexibility index (Phi) is 9.97. The molecule has 63 heavy (non-hydrogen) atoms. The number of rotatable bonds is 9. The summed E-state index contributed by atoms with van der Waals surface area (Å²) in [5, 5.41) is 5.03. The predicted molar refractivity (Wildman–Crippen MR) is 269 cm³/mol. The van der Waals surface area contributed by atoms with E-state index in [1.165, 1.54) is 88.3 Å². The molecule has 0 radical (unpaired) electrons. The van der Waals surface area contributed by atoms with E-state index in [0.29, 0.717) is 0 Å². The molecular weight excluding hydrogens is 759 g/mol. The summed E-state index contributed by atoms with van der Waals surface area (Å²) >= 11 is 0. The minimum Gasteiger partial charge on any atom is -0.311 e. The number of hydrogen-bond donors (Lipinski definition) is 0. The van der Waals surface area contributed by atoms with Gasteiger partial charge in [0.1, 0.15) is 0 Å². The average Bonchev–Trinajstić information content (AvgIpc) is 3.37. The van der Waals surface area contributed by atoms with E-state index in [-0.39, 0.29) is 0 Å². The topological polar surface area (TPSA) is 3.24 Å². The van der Waals surface area contributed by atoms with Crippen LogP contribution < -0.4 is 4.90 Å². The molecule has 0 amide bonds. The van der Waals surface area contributed by atoms with Gasteiger partial charge in [-0.15, -0.1) is 0 Å². The van der Waals surface area contributed by atoms with Gasteiger partial charge in [-0.25, -0.2) is 0 Å². The maximum absolute atomic E-state index is 2.37. The zero-order chi connectivity index (χ0) is 42.0. The van der Waals surface area contributed by atoms with E-state index in [1.807, 2.05) is 0 Å². The third-order valence-corrected chi connectivity index (χ3v) is 12.3. The van der Waals surface area contributed by atoms with Gasteiger partial charge in [-0.2, -0.15) is 0 Å². The predicted octanol–water partition coefficient (Wildman–Crippen LogP) is 17.5. The summed E-state index contributed by atoms with van der Waals surface area (Å²) in [5.41, 5.74) is 17.8. The second kappa shape index (κ2) is 16.7. The first-order valence-corrected chi connectivity index (χ1v) is 21.7. The summed E-state index contributed by atoms with van der Waals surface area (Å²) < 4.78 is 0. The molecule has 1 nitrogen and oxygen atoms in total. The Morgan fingerprint density at radius 1 is 0.190 bits per heavy atom. The third kappa shape index (κ3) is 7.26. The van der Waals surface area contributed by atoms with Crippen LogP contribution in [0.5, 0.6) is 0 Å². The first kappa shape index (κ1) is 37.7. The van der Waals surface area contributed by atoms with Gasteiger partial charge in [0.05, 0.1) is 0 Å². The van der Waals surface area contributed by atoms with Crippen LogP contribution in [0.2, 0.25) is 0 Å². The van der Waals surface area contributed by atoms with Crippen molar-refractivity contribution >= 4 is 38.6 Å². The molecule has 0 aromatic heterocycles. The van der Waals surface area contributed by atoms with Gasteiger partial charge in [-0.3, -0.25) is 0 Å². The molecular formula is C62H43N. The molecule has 0 saturated carbocycles. The molecule has 0 spiro atoms. The van der Waals surface area contributed by atoms with Crippen LogP contribution in [0.25, 0.3) is 88.3 Å². The molecule has 0 heterocycles. The standard InChI is InChI=1S/C62H43N/c1-4-17-44(18-5-1)50-23-16-24-51(43-50)45-31-37-52(38-32-45)63(53-39-33-47(34-40-53)56-26-11-10-25-55(56)46-19-6-2-7-20-46)54-41-35-49(36-42-54)62-60-30-15-13-28-58(60)57-27-12-14-29-59(57)61(62)48-21-8-3-9-22-48/h1-43H. The van der Waals surface area contributed by atoms with Gasteiger partial charge in [-0.1, -0.05) is 218 Å². The Hall–Kier alpha value is -8.26. The second-order valence-corrected chi connectivity index (χ2v) is 16.0. The monoisotopic (exact) mass is 801 g/mol. The van der Waals surface area contributed by atoms with Gasteiger partial charge >= 0.3 is 0 Å². The summed E-state index contributed by atoms with van der Waals surface area (Å²) in [6.07, 6.45) is 0. The Balaban J connectivity index is 1.03. The summed E-state index contributed by atoms with van der Waals surface area (Å²) in [7, 11) is 0. The van der Waals surface area contributed by atoms with E-state index in [4.69, 9.17) is 0 Å². The van der Waals surface area contributed by atoms with Gasteiger partial charge in [0.25, 0.3) is 0 Å². The Labute approximate surface area is 369 Å². The van der Waals surface area contributed by atoms with E-state index in [1.54, 1.807) is 0 Å². The Bertz CT molecular complexity index is 3340. The van der Waals surface area contributed by atoms with Crippen LogP contribution in [-0.4, -0.2) is 0 Å². The van der Waals surface area contributed by atoms with E-state index < -0.39 is 0 Å². The number of anilines is 3. The molecule has 0 saturated heterocycles. The van der Waals surface area contributed by atoms with Crippen LogP contribution in [0.1, 0.15) is 0 Å². The lowest BCUT2D eigenvalue weighted by Crippen LogP contribution is -2.09. The first-order valence-electron chi connectivity index (χ1n) is 21.7. The fourth-order valence-electron chi connectivity index (χ4n) is 9.28. The molecule has 11 aromatic carbocycles. The normalized spacial score (nSPS) is 11.2. The van der Waals surface area contributed by atoms with Crippen molar-refractivity contribution in [3.05, 3.63) is 261 Å². The summed E-state index contributed by atoms with van der Waals surface area (Å²) in [5.74, 6) is 0. The molecule has 11 aromatic rings. The van der Waals surface area contributed by atoms with Crippen LogP contribution in [0.3, 0.4) is 0 Å². The molecule has 0 bridgehead atoms. The Morgan fingerprint density at radius 3 is 0.968 bits per heavy atom. The second-order valence-electron chi connectivity index (χ2n) is 16.0. The van der Waals surface area contributed by atoms with Gasteiger partial charge in [0, 0.05) is 17.1 Å². The van der Waals surface area contributed by atoms with Crippen molar-refractivity contribution in [1.29, 1.82) is 0 Å². The summed E-state index contributed by atoms with van der Waals surface area (Å²) in [4.78, 5) is 2.37. The number of nitrogens with zero attached hydrogens (tertiary/aromatic N) is 1. The molecule has 0 N–H and O–H groups in total. The van der Waals surface area contributed by atoms with Crippen molar-refractivity contribution in [2.45, 2.75) is 0 Å². The smallest absolute Gasteiger partial charge is 0.0462 e. The van der Waals surface area contributed by atoms with Crippen LogP contribution in [0, 0.1) is 0 Å². The zero-order valence-corrected chi connectivity index (χ0v) is 34.8. The SMILES string of the molecule is c1ccc(-c2cccc(-c3ccc(N(c4ccc(-c5ccccc5-c5ccccc5)cc4)c4ccc(-c5c(-c6ccccc6)c6ccccc6c6ccccc56)cc4)cc3)c2)cc1. The molecule has 296 valence electrons. The van der Waals surface area contributed by atoms with Crippen molar-refractivity contribution in [2.75, 3.05) is 4.90 Å². The molecule has 0 aliphatic rings. The van der Waals surface area contributed by atoms with Crippen LogP contribution in [0.4, 0.5) is 17.1 Å². The first-order chi connectivity index (χ1) is 31.3. The molecule has 0 aliphatic carbocycles. The third-order valence-electron chi connectivity index (χ3n) is 12.3. The van der Waals surface area contributed by atoms with Crippen LogP contribution in [-0.2, 0) is 0 Å². The molecule has 11 rings (SSSR count). The molecule has 0 aliphatic heterocycles. The Morgan fingerprint density at radius 2 is 0.492 bits per heavy atom. The van der Waals surface area contributed by atoms with Crippen molar-refractivity contribution in [1.82, 2.24) is 0 Å². The lowest BCUT2D eigenvalue weighted by atomic mass is 9.85. The molecule has 1 heteroatoms. The van der Waals surface area contributed by atoms with Gasteiger partial charge < -0.3 is 4.90 Å². The maximum Gasteiger partial charge on any atom is 0.0462 e. The fourth-order valence-corrected chi connectivity index (χ4v) is 9.28. The van der Waals surface area contributed by atoms with E-state index >= 15 is 0 Å². The van der Waals surface area contributed by atoms with Gasteiger partial charge in [-0.05, 0) is 131 Å². The highest BCUT2D eigenvalue weighted by molar-refractivity contribution is 6.21. The van der Waals surface area contributed by atoms with Crippen LogP contribution in [0.15, 0.2) is 261 Å². The van der Waals surface area contributed by atoms with Crippen molar-refractivity contribution in [3.8, 4) is 66.8 Å². The minimum absolute atomic E-state index is 1.08. The summed E-state index contributed by atoms with van der Waals surface area (Å²) in [6, 6.07) is 94.5. The van der Waals surface area contributed by atoms with Crippen molar-refractivity contribution in [3.63, 3.8) is 0 Å². The highest BCUT2D eigenvalue weighted by atomic mass is 15.1. The lowest BCUT2D eigenvalue weighted by Gasteiger charge is -2.26. The largest absolute Gasteiger partial charge is 0.311 e. The van der Waals surface area contributed by atoms with E-state index in [2.05, 4.69) is 266 Å². The van der Waals surface area contributed by atoms with Crippen molar-refractivity contribution < 1.29 is 0 Å². The van der Waals surface area contributed by atoms with Gasteiger partial charge in [0.2, 0.25) is 0 Å². The highest BCUT2D eigenvalue weighted by Gasteiger charge is 2.19. The highest BCUT2D eigenvalue weighted by Crippen LogP contribution is 2.46. The van der Waals surface area contributed by atoms with Crippen molar-refractivity contribution in [2.24, 2.45) is 0 Å². The number of fused-ring (bicyclic) bond motifs is 3. The number of hydrogen-bond acceptors (Lipinski definition) is 1. The molecule has 0 unspecified atom stereocenters. The summed E-state index contributed by atoms with van der Waals surface area (Å²) in [6.45, 7) is 0.